The molecule has 1 rings (SSSR count). The zero-order valence-electron chi connectivity index (χ0n) is 20.9. The van der Waals surface area contributed by atoms with E-state index < -0.39 is 0 Å². The van der Waals surface area contributed by atoms with Gasteiger partial charge in [-0.3, -0.25) is 4.99 Å². The van der Waals surface area contributed by atoms with E-state index in [0.29, 0.717) is 0 Å². The van der Waals surface area contributed by atoms with Crippen molar-refractivity contribution in [2.75, 3.05) is 5.32 Å². The molecule has 0 atom stereocenters. The number of unbranched alkanes of at least 4 members (excludes halogenated alkanes) is 2. The first-order chi connectivity index (χ1) is 13.9. The zero-order chi connectivity index (χ0) is 22.9. The Bertz CT molecular complexity index is 793. The summed E-state index contributed by atoms with van der Waals surface area (Å²) < 4.78 is 0. The lowest BCUT2D eigenvalue weighted by atomic mass is 9.85. The summed E-state index contributed by atoms with van der Waals surface area (Å²) in [6.07, 6.45) is 11.1. The summed E-state index contributed by atoms with van der Waals surface area (Å²) in [5.74, 6) is 0. The fourth-order valence-electron chi connectivity index (χ4n) is 3.06. The molecule has 0 aliphatic rings. The molecule has 0 fully saturated rings. The van der Waals surface area contributed by atoms with Gasteiger partial charge in [-0.2, -0.15) is 0 Å². The van der Waals surface area contributed by atoms with Crippen molar-refractivity contribution in [2.24, 2.45) is 10.4 Å². The number of nitrogens with zero attached hydrogens (tertiary/aromatic N) is 1. The number of allylic oxidation sites excluding steroid dienone is 5. The molecule has 0 aliphatic heterocycles. The summed E-state index contributed by atoms with van der Waals surface area (Å²) >= 11 is 0. The molecule has 0 bridgehead atoms. The Morgan fingerprint density at radius 1 is 1.07 bits per heavy atom. The van der Waals surface area contributed by atoms with Crippen molar-refractivity contribution in [3.8, 4) is 0 Å². The average molecular weight is 409 g/mol. The van der Waals surface area contributed by atoms with Crippen LogP contribution >= 0.6 is 0 Å². The fourth-order valence-corrected chi connectivity index (χ4v) is 3.06. The van der Waals surface area contributed by atoms with Crippen molar-refractivity contribution in [3.63, 3.8) is 0 Å². The quantitative estimate of drug-likeness (QED) is 0.247. The highest BCUT2D eigenvalue weighted by Gasteiger charge is 2.20. The van der Waals surface area contributed by atoms with Gasteiger partial charge in [0.1, 0.15) is 0 Å². The van der Waals surface area contributed by atoms with Crippen LogP contribution in [0.5, 0.6) is 0 Å². The van der Waals surface area contributed by atoms with Gasteiger partial charge in [0.25, 0.3) is 0 Å². The Morgan fingerprint density at radius 2 is 1.73 bits per heavy atom. The SMILES string of the molecule is C=C(C)N=CC(=C\C)/C=C(\Nc1cc(CCCCC)cc(C(C)(C)C)c1)C(C)(C)C. The molecule has 0 unspecified atom stereocenters. The van der Waals surface area contributed by atoms with Crippen molar-refractivity contribution in [1.82, 2.24) is 0 Å². The maximum atomic E-state index is 4.38. The van der Waals surface area contributed by atoms with E-state index in [1.807, 2.05) is 20.1 Å². The van der Waals surface area contributed by atoms with Gasteiger partial charge in [-0.15, -0.1) is 0 Å². The third-order valence-electron chi connectivity index (χ3n) is 5.09. The Labute approximate surface area is 186 Å². The van der Waals surface area contributed by atoms with Crippen molar-refractivity contribution in [3.05, 3.63) is 65.0 Å². The average Bonchev–Trinajstić information content (AvgIpc) is 2.62. The Morgan fingerprint density at radius 3 is 2.23 bits per heavy atom. The van der Waals surface area contributed by atoms with Crippen molar-refractivity contribution in [1.29, 1.82) is 0 Å². The molecule has 0 heterocycles. The van der Waals surface area contributed by atoms with E-state index in [-0.39, 0.29) is 10.8 Å². The van der Waals surface area contributed by atoms with E-state index in [0.717, 1.165) is 17.7 Å². The van der Waals surface area contributed by atoms with Crippen LogP contribution in [0.25, 0.3) is 0 Å². The minimum absolute atomic E-state index is 0.0224. The van der Waals surface area contributed by atoms with Gasteiger partial charge in [0.15, 0.2) is 0 Å². The minimum Gasteiger partial charge on any atom is -0.358 e. The number of nitrogens with one attached hydrogen (secondary N) is 1. The van der Waals surface area contributed by atoms with Gasteiger partial charge in [-0.05, 0) is 67.0 Å². The summed E-state index contributed by atoms with van der Waals surface area (Å²) in [6.45, 7) is 23.7. The van der Waals surface area contributed by atoms with Gasteiger partial charge < -0.3 is 5.32 Å². The molecule has 0 amide bonds. The molecule has 0 spiro atoms. The highest BCUT2D eigenvalue weighted by Crippen LogP contribution is 2.32. The zero-order valence-corrected chi connectivity index (χ0v) is 20.9. The third-order valence-corrected chi connectivity index (χ3v) is 5.09. The van der Waals surface area contributed by atoms with Crippen molar-refractivity contribution < 1.29 is 0 Å². The predicted octanol–water partition coefficient (Wildman–Crippen LogP) is 8.61. The van der Waals surface area contributed by atoms with Crippen molar-refractivity contribution >= 4 is 11.9 Å². The van der Waals surface area contributed by atoms with Crippen LogP contribution in [0.2, 0.25) is 0 Å². The lowest BCUT2D eigenvalue weighted by Crippen LogP contribution is -2.18. The molecule has 1 aromatic carbocycles. The molecule has 2 heteroatoms. The molecule has 0 aliphatic carbocycles. The molecular formula is C28H44N2. The van der Waals surface area contributed by atoms with Crippen LogP contribution in [-0.4, -0.2) is 6.21 Å². The smallest absolute Gasteiger partial charge is 0.0387 e. The van der Waals surface area contributed by atoms with Gasteiger partial charge >= 0.3 is 0 Å². The summed E-state index contributed by atoms with van der Waals surface area (Å²) in [5.41, 5.74) is 7.12. The number of aliphatic imine (C=N–C) groups is 1. The van der Waals surface area contributed by atoms with E-state index in [1.165, 1.54) is 41.8 Å². The van der Waals surface area contributed by atoms with Gasteiger partial charge in [0, 0.05) is 28.7 Å². The van der Waals surface area contributed by atoms with Gasteiger partial charge in [-0.25, -0.2) is 0 Å². The lowest BCUT2D eigenvalue weighted by molar-refractivity contribution is 0.507. The van der Waals surface area contributed by atoms with Gasteiger partial charge in [0.05, 0.1) is 0 Å². The first-order valence-electron chi connectivity index (χ1n) is 11.4. The summed E-state index contributed by atoms with van der Waals surface area (Å²) in [5, 5.41) is 3.75. The second-order valence-corrected chi connectivity index (χ2v) is 10.3. The second-order valence-electron chi connectivity index (χ2n) is 10.3. The maximum Gasteiger partial charge on any atom is 0.0387 e. The Balaban J connectivity index is 3.35. The Kier molecular flexibility index (Phi) is 9.81. The lowest BCUT2D eigenvalue weighted by Gasteiger charge is -2.27. The molecule has 0 saturated carbocycles. The van der Waals surface area contributed by atoms with E-state index >= 15 is 0 Å². The number of anilines is 1. The first kappa shape index (κ1) is 25.9. The van der Waals surface area contributed by atoms with E-state index in [1.54, 1.807) is 0 Å². The minimum atomic E-state index is -0.0224. The number of aryl methyl sites for hydroxylation is 1. The largest absolute Gasteiger partial charge is 0.358 e. The van der Waals surface area contributed by atoms with Gasteiger partial charge in [0.2, 0.25) is 0 Å². The highest BCUT2D eigenvalue weighted by molar-refractivity contribution is 5.83. The molecule has 0 aromatic heterocycles. The van der Waals surface area contributed by atoms with Crippen LogP contribution in [0.4, 0.5) is 5.69 Å². The topological polar surface area (TPSA) is 24.4 Å². The number of rotatable bonds is 9. The van der Waals surface area contributed by atoms with Crippen LogP contribution in [0.1, 0.15) is 92.7 Å². The van der Waals surface area contributed by atoms with E-state index in [9.17, 15) is 0 Å². The van der Waals surface area contributed by atoms with Crippen LogP contribution < -0.4 is 5.32 Å². The summed E-state index contributed by atoms with van der Waals surface area (Å²) in [7, 11) is 0. The van der Waals surface area contributed by atoms with E-state index in [4.69, 9.17) is 0 Å². The molecule has 1 N–H and O–H groups in total. The maximum absolute atomic E-state index is 4.38. The first-order valence-corrected chi connectivity index (χ1v) is 11.4. The van der Waals surface area contributed by atoms with E-state index in [2.05, 4.69) is 95.7 Å². The summed E-state index contributed by atoms with van der Waals surface area (Å²) in [4.78, 5) is 4.38. The molecule has 0 saturated heterocycles. The monoisotopic (exact) mass is 408 g/mol. The Hall–Kier alpha value is -2.09. The normalized spacial score (nSPS) is 13.8. The fraction of sp³-hybridized carbons (Fsp3) is 0.536. The molecular weight excluding hydrogens is 364 g/mol. The second kappa shape index (κ2) is 11.3. The van der Waals surface area contributed by atoms with Crippen LogP contribution in [-0.2, 0) is 11.8 Å². The van der Waals surface area contributed by atoms with Crippen LogP contribution in [0.15, 0.2) is 58.9 Å². The van der Waals surface area contributed by atoms with Crippen LogP contribution in [0, 0.1) is 5.41 Å². The van der Waals surface area contributed by atoms with Crippen molar-refractivity contribution in [2.45, 2.75) is 93.4 Å². The molecule has 2 nitrogen and oxygen atoms in total. The third kappa shape index (κ3) is 9.15. The number of hydrogen-bond donors (Lipinski definition) is 1. The number of hydrogen-bond acceptors (Lipinski definition) is 2. The highest BCUT2D eigenvalue weighted by atomic mass is 14.9. The molecule has 1 aromatic rings. The standard InChI is InChI=1S/C28H44N2/c1-11-13-14-15-23-16-24(27(5,6)7)19-25(17-23)30-26(28(8,9)10)18-22(12-2)20-29-21(3)4/h12,16-20,30H,3,11,13-15H2,1-2,4-10H3/b22-12-,26-18-,29-20?. The molecule has 166 valence electrons. The molecule has 30 heavy (non-hydrogen) atoms. The van der Waals surface area contributed by atoms with Gasteiger partial charge in [-0.1, -0.05) is 80.0 Å². The molecule has 0 radical (unpaired) electrons. The number of benzene rings is 1. The summed E-state index contributed by atoms with van der Waals surface area (Å²) in [6, 6.07) is 7.01. The predicted molar refractivity (Wildman–Crippen MR) is 137 cm³/mol. The van der Waals surface area contributed by atoms with Crippen LogP contribution in [0.3, 0.4) is 0 Å².